The van der Waals surface area contributed by atoms with Crippen LogP contribution in [-0.2, 0) is 0 Å². The van der Waals surface area contributed by atoms with Gasteiger partial charge in [0, 0.05) is 6.61 Å². The van der Waals surface area contributed by atoms with Gasteiger partial charge in [0.15, 0.2) is 0 Å². The van der Waals surface area contributed by atoms with Crippen LogP contribution in [0.4, 0.5) is 0 Å². The molecule has 78 valence electrons. The first kappa shape index (κ1) is 12.7. The molecule has 0 radical (unpaired) electrons. The molecule has 0 aromatic heterocycles. The van der Waals surface area contributed by atoms with Gasteiger partial charge in [-0.3, -0.25) is 0 Å². The Bertz CT molecular complexity index is 132. The van der Waals surface area contributed by atoms with Gasteiger partial charge >= 0.3 is 0 Å². The van der Waals surface area contributed by atoms with E-state index in [1.165, 1.54) is 0 Å². The Morgan fingerprint density at radius 1 is 1.31 bits per heavy atom. The molecule has 0 bridgehead atoms. The second kappa shape index (κ2) is 8.27. The predicted molar refractivity (Wildman–Crippen MR) is 55.5 cm³/mol. The first-order valence-electron chi connectivity index (χ1n) is 5.14. The van der Waals surface area contributed by atoms with Crippen LogP contribution in [0, 0.1) is 5.92 Å². The van der Waals surface area contributed by atoms with Gasteiger partial charge in [0.25, 0.3) is 0 Å². The highest BCUT2D eigenvalue weighted by Gasteiger charge is 2.07. The highest BCUT2D eigenvalue weighted by atomic mass is 16.3. The van der Waals surface area contributed by atoms with Crippen molar-refractivity contribution in [1.29, 1.82) is 0 Å². The molecule has 0 rings (SSSR count). The van der Waals surface area contributed by atoms with Crippen molar-refractivity contribution in [2.24, 2.45) is 5.92 Å². The third kappa shape index (κ3) is 8.00. The fraction of sp³-hybridized carbons (Fsp3) is 0.818. The Morgan fingerprint density at radius 2 is 2.00 bits per heavy atom. The van der Waals surface area contributed by atoms with Crippen LogP contribution in [0.2, 0.25) is 0 Å². The van der Waals surface area contributed by atoms with Crippen molar-refractivity contribution in [3.63, 3.8) is 0 Å². The molecule has 2 atom stereocenters. The molecule has 0 amide bonds. The number of aliphatic hydroxyl groups is 2. The van der Waals surface area contributed by atoms with E-state index < -0.39 is 0 Å². The minimum Gasteiger partial charge on any atom is -0.396 e. The molecule has 2 unspecified atom stereocenters. The van der Waals surface area contributed by atoms with Crippen LogP contribution in [-0.4, -0.2) is 22.9 Å². The standard InChI is InChI=1S/C11H22O2/c1-3-4-5-6-11(13)9-10(2)7-8-12/h4-5,10-13H,3,6-9H2,1-2H3. The first-order valence-corrected chi connectivity index (χ1v) is 5.14. The van der Waals surface area contributed by atoms with Gasteiger partial charge in [-0.25, -0.2) is 0 Å². The summed E-state index contributed by atoms with van der Waals surface area (Å²) >= 11 is 0. The smallest absolute Gasteiger partial charge is 0.0577 e. The molecule has 2 N–H and O–H groups in total. The van der Waals surface area contributed by atoms with E-state index >= 15 is 0 Å². The minimum absolute atomic E-state index is 0.221. The van der Waals surface area contributed by atoms with E-state index in [4.69, 9.17) is 5.11 Å². The van der Waals surface area contributed by atoms with Gasteiger partial charge in [-0.1, -0.05) is 26.0 Å². The zero-order valence-corrected chi connectivity index (χ0v) is 8.74. The molecule has 0 aliphatic carbocycles. The molecule has 2 heteroatoms. The zero-order valence-electron chi connectivity index (χ0n) is 8.74. The van der Waals surface area contributed by atoms with Crippen molar-refractivity contribution in [2.75, 3.05) is 6.61 Å². The van der Waals surface area contributed by atoms with Gasteiger partial charge in [0.05, 0.1) is 6.10 Å². The lowest BCUT2D eigenvalue weighted by Gasteiger charge is -2.13. The van der Waals surface area contributed by atoms with E-state index in [0.717, 1.165) is 25.7 Å². The van der Waals surface area contributed by atoms with Crippen molar-refractivity contribution in [3.05, 3.63) is 12.2 Å². The normalized spacial score (nSPS) is 16.3. The van der Waals surface area contributed by atoms with Gasteiger partial charge in [-0.05, 0) is 31.6 Å². The SMILES string of the molecule is CCC=CCC(O)CC(C)CCO. The number of allylic oxidation sites excluding steroid dienone is 1. The topological polar surface area (TPSA) is 40.5 Å². The molecule has 0 aliphatic rings. The van der Waals surface area contributed by atoms with Crippen LogP contribution in [0.3, 0.4) is 0 Å². The molecule has 0 saturated carbocycles. The lowest BCUT2D eigenvalue weighted by Crippen LogP contribution is -2.11. The van der Waals surface area contributed by atoms with Crippen LogP contribution >= 0.6 is 0 Å². The lowest BCUT2D eigenvalue weighted by molar-refractivity contribution is 0.138. The van der Waals surface area contributed by atoms with Gasteiger partial charge in [-0.15, -0.1) is 0 Å². The maximum Gasteiger partial charge on any atom is 0.0577 e. The maximum atomic E-state index is 9.54. The number of aliphatic hydroxyl groups excluding tert-OH is 2. The molecule has 0 aliphatic heterocycles. The van der Waals surface area contributed by atoms with E-state index in [0.29, 0.717) is 5.92 Å². The minimum atomic E-state index is -0.246. The van der Waals surface area contributed by atoms with Crippen molar-refractivity contribution >= 4 is 0 Å². The van der Waals surface area contributed by atoms with Gasteiger partial charge < -0.3 is 10.2 Å². The van der Waals surface area contributed by atoms with Crippen molar-refractivity contribution in [3.8, 4) is 0 Å². The van der Waals surface area contributed by atoms with Gasteiger partial charge in [0.1, 0.15) is 0 Å². The third-order valence-electron chi connectivity index (χ3n) is 2.11. The third-order valence-corrected chi connectivity index (χ3v) is 2.11. The summed E-state index contributed by atoms with van der Waals surface area (Å²) in [6, 6.07) is 0. The summed E-state index contributed by atoms with van der Waals surface area (Å²) in [4.78, 5) is 0. The molecule has 0 saturated heterocycles. The Labute approximate surface area is 81.3 Å². The van der Waals surface area contributed by atoms with Crippen molar-refractivity contribution < 1.29 is 10.2 Å². The first-order chi connectivity index (χ1) is 6.20. The van der Waals surface area contributed by atoms with Crippen LogP contribution in [0.15, 0.2) is 12.2 Å². The lowest BCUT2D eigenvalue weighted by atomic mass is 9.99. The zero-order chi connectivity index (χ0) is 10.1. The largest absolute Gasteiger partial charge is 0.396 e. The Morgan fingerprint density at radius 3 is 2.54 bits per heavy atom. The highest BCUT2D eigenvalue weighted by molar-refractivity contribution is 4.83. The van der Waals surface area contributed by atoms with Crippen molar-refractivity contribution in [1.82, 2.24) is 0 Å². The molecule has 0 heterocycles. The van der Waals surface area contributed by atoms with Gasteiger partial charge in [0.2, 0.25) is 0 Å². The summed E-state index contributed by atoms with van der Waals surface area (Å²) in [5.41, 5.74) is 0. The van der Waals surface area contributed by atoms with E-state index in [1.807, 2.05) is 6.08 Å². The second-order valence-corrected chi connectivity index (χ2v) is 3.62. The predicted octanol–water partition coefficient (Wildman–Crippen LogP) is 2.11. The van der Waals surface area contributed by atoms with Crippen LogP contribution in [0.5, 0.6) is 0 Å². The summed E-state index contributed by atoms with van der Waals surface area (Å²) in [6.45, 7) is 4.36. The monoisotopic (exact) mass is 186 g/mol. The number of hydrogen-bond donors (Lipinski definition) is 2. The molecule has 2 nitrogen and oxygen atoms in total. The van der Waals surface area contributed by atoms with Crippen LogP contribution in [0.25, 0.3) is 0 Å². The average molecular weight is 186 g/mol. The fourth-order valence-corrected chi connectivity index (χ4v) is 1.32. The molecule has 0 aromatic carbocycles. The summed E-state index contributed by atoms with van der Waals surface area (Å²) < 4.78 is 0. The molecular weight excluding hydrogens is 164 g/mol. The van der Waals surface area contributed by atoms with Crippen LogP contribution < -0.4 is 0 Å². The summed E-state index contributed by atoms with van der Waals surface area (Å²) in [7, 11) is 0. The van der Waals surface area contributed by atoms with E-state index in [2.05, 4.69) is 19.9 Å². The maximum absolute atomic E-state index is 9.54. The Kier molecular flexibility index (Phi) is 8.05. The van der Waals surface area contributed by atoms with Gasteiger partial charge in [-0.2, -0.15) is 0 Å². The number of hydrogen-bond acceptors (Lipinski definition) is 2. The van der Waals surface area contributed by atoms with Crippen LogP contribution in [0.1, 0.15) is 39.5 Å². The summed E-state index contributed by atoms with van der Waals surface area (Å²) in [5, 5.41) is 18.2. The Balaban J connectivity index is 3.48. The molecular formula is C11H22O2. The molecule has 0 spiro atoms. The summed E-state index contributed by atoms with van der Waals surface area (Å²) in [6.07, 6.45) is 7.19. The molecule has 0 fully saturated rings. The number of rotatable bonds is 7. The second-order valence-electron chi connectivity index (χ2n) is 3.62. The van der Waals surface area contributed by atoms with E-state index in [9.17, 15) is 5.11 Å². The average Bonchev–Trinajstić information content (AvgIpc) is 2.05. The quantitative estimate of drug-likeness (QED) is 0.598. The highest BCUT2D eigenvalue weighted by Crippen LogP contribution is 2.12. The van der Waals surface area contributed by atoms with E-state index in [-0.39, 0.29) is 12.7 Å². The van der Waals surface area contributed by atoms with E-state index in [1.54, 1.807) is 0 Å². The van der Waals surface area contributed by atoms with Crippen molar-refractivity contribution in [2.45, 2.75) is 45.6 Å². The molecule has 0 aromatic rings. The fourth-order valence-electron chi connectivity index (χ4n) is 1.32. The molecule has 13 heavy (non-hydrogen) atoms. The Hall–Kier alpha value is -0.340. The summed E-state index contributed by atoms with van der Waals surface area (Å²) in [5.74, 6) is 0.412.